The summed E-state index contributed by atoms with van der Waals surface area (Å²) in [6.45, 7) is 3.63. The lowest BCUT2D eigenvalue weighted by Crippen LogP contribution is -2.41. The van der Waals surface area contributed by atoms with Crippen LogP contribution in [-0.4, -0.2) is 59.5 Å². The Morgan fingerprint density at radius 1 is 1.03 bits per heavy atom. The highest BCUT2D eigenvalue weighted by Crippen LogP contribution is 2.25. The number of hydrogen-bond acceptors (Lipinski definition) is 8. The van der Waals surface area contributed by atoms with Gasteiger partial charge in [0.25, 0.3) is 0 Å². The Labute approximate surface area is 203 Å². The van der Waals surface area contributed by atoms with Crippen LogP contribution < -0.4 is 15.5 Å². The highest BCUT2D eigenvalue weighted by atomic mass is 32.2. The number of thioether (sulfide) groups is 1. The van der Waals surface area contributed by atoms with Crippen molar-refractivity contribution in [1.29, 1.82) is 0 Å². The van der Waals surface area contributed by atoms with Crippen LogP contribution in [-0.2, 0) is 14.3 Å². The van der Waals surface area contributed by atoms with E-state index in [9.17, 15) is 14.4 Å². The second-order valence-corrected chi connectivity index (χ2v) is 9.40. The number of nitrogens with one attached hydrogen (secondary N) is 2. The maximum atomic E-state index is 12.3. The summed E-state index contributed by atoms with van der Waals surface area (Å²) < 4.78 is 4.95. The zero-order valence-electron chi connectivity index (χ0n) is 19.2. The second-order valence-electron chi connectivity index (χ2n) is 8.41. The monoisotopic (exact) mass is 483 g/mol. The van der Waals surface area contributed by atoms with Crippen molar-refractivity contribution < 1.29 is 19.1 Å². The molecule has 0 bridgehead atoms. The van der Waals surface area contributed by atoms with Crippen LogP contribution in [0.2, 0.25) is 0 Å². The summed E-state index contributed by atoms with van der Waals surface area (Å²) in [6, 6.07) is 10.7. The van der Waals surface area contributed by atoms with Gasteiger partial charge in [-0.3, -0.25) is 9.59 Å². The van der Waals surface area contributed by atoms with E-state index in [-0.39, 0.29) is 29.5 Å². The SMILES string of the molecule is CCOC(=O)c1ccc(NC(=O)CSc2ccc(N3CCC(C(=O)NC4CC4)CC3)nn2)cc1. The highest BCUT2D eigenvalue weighted by molar-refractivity contribution is 7.99. The summed E-state index contributed by atoms with van der Waals surface area (Å²) >= 11 is 1.30. The molecule has 2 aromatic rings. The predicted molar refractivity (Wildman–Crippen MR) is 130 cm³/mol. The number of benzene rings is 1. The number of aromatic nitrogens is 2. The van der Waals surface area contributed by atoms with Gasteiger partial charge >= 0.3 is 5.97 Å². The minimum Gasteiger partial charge on any atom is -0.462 e. The molecule has 1 saturated heterocycles. The lowest BCUT2D eigenvalue weighted by atomic mass is 9.96. The van der Waals surface area contributed by atoms with Crippen LogP contribution in [0.4, 0.5) is 11.5 Å². The van der Waals surface area contributed by atoms with Crippen LogP contribution in [0.25, 0.3) is 0 Å². The predicted octanol–water partition coefficient (Wildman–Crippen LogP) is 2.88. The Bertz CT molecular complexity index is 1000. The molecule has 2 heterocycles. The van der Waals surface area contributed by atoms with Gasteiger partial charge in [-0.25, -0.2) is 4.79 Å². The van der Waals surface area contributed by atoms with Crippen molar-refractivity contribution in [3.8, 4) is 0 Å². The molecule has 34 heavy (non-hydrogen) atoms. The van der Waals surface area contributed by atoms with Gasteiger partial charge in [-0.2, -0.15) is 0 Å². The number of anilines is 2. The first-order valence-corrected chi connectivity index (χ1v) is 12.6. The van der Waals surface area contributed by atoms with E-state index < -0.39 is 0 Å². The number of piperidine rings is 1. The molecule has 2 fully saturated rings. The van der Waals surface area contributed by atoms with Crippen LogP contribution in [0.15, 0.2) is 41.4 Å². The van der Waals surface area contributed by atoms with Gasteiger partial charge < -0.3 is 20.3 Å². The number of carbonyl (C=O) groups excluding carboxylic acids is 3. The van der Waals surface area contributed by atoms with Gasteiger partial charge in [0.1, 0.15) is 5.03 Å². The summed E-state index contributed by atoms with van der Waals surface area (Å²) in [4.78, 5) is 38.3. The van der Waals surface area contributed by atoms with Gasteiger partial charge in [0.15, 0.2) is 5.82 Å². The molecular weight excluding hydrogens is 454 g/mol. The van der Waals surface area contributed by atoms with Gasteiger partial charge in [0.2, 0.25) is 11.8 Å². The molecular formula is C24H29N5O4S. The van der Waals surface area contributed by atoms with Crippen LogP contribution in [0.1, 0.15) is 43.0 Å². The van der Waals surface area contributed by atoms with E-state index in [0.717, 1.165) is 44.6 Å². The number of nitrogens with zero attached hydrogens (tertiary/aromatic N) is 3. The quantitative estimate of drug-likeness (QED) is 0.414. The van der Waals surface area contributed by atoms with E-state index in [1.165, 1.54) is 11.8 Å². The lowest BCUT2D eigenvalue weighted by Gasteiger charge is -2.31. The number of rotatable bonds is 9. The van der Waals surface area contributed by atoms with Gasteiger partial charge in [-0.15, -0.1) is 10.2 Å². The molecule has 1 aromatic heterocycles. The van der Waals surface area contributed by atoms with Crippen molar-refractivity contribution in [2.45, 2.75) is 43.7 Å². The van der Waals surface area contributed by atoms with Crippen molar-refractivity contribution in [1.82, 2.24) is 15.5 Å². The summed E-state index contributed by atoms with van der Waals surface area (Å²) in [5.41, 5.74) is 1.05. The van der Waals surface area contributed by atoms with Crippen LogP contribution >= 0.6 is 11.8 Å². The molecule has 0 atom stereocenters. The zero-order chi connectivity index (χ0) is 23.9. The molecule has 1 aliphatic carbocycles. The van der Waals surface area contributed by atoms with Crippen molar-refractivity contribution in [3.05, 3.63) is 42.0 Å². The molecule has 2 N–H and O–H groups in total. The summed E-state index contributed by atoms with van der Waals surface area (Å²) in [7, 11) is 0. The van der Waals surface area contributed by atoms with Gasteiger partial charge in [-0.1, -0.05) is 11.8 Å². The number of esters is 1. The number of carbonyl (C=O) groups is 3. The Kier molecular flexibility index (Phi) is 7.99. The second kappa shape index (κ2) is 11.3. The molecule has 1 aromatic carbocycles. The maximum Gasteiger partial charge on any atom is 0.338 e. The average molecular weight is 484 g/mol. The van der Waals surface area contributed by atoms with Gasteiger partial charge in [0.05, 0.1) is 17.9 Å². The number of hydrogen-bond donors (Lipinski definition) is 2. The van der Waals surface area contributed by atoms with Crippen molar-refractivity contribution in [2.24, 2.45) is 5.92 Å². The van der Waals surface area contributed by atoms with Gasteiger partial charge in [-0.05, 0) is 69.0 Å². The molecule has 10 heteroatoms. The smallest absolute Gasteiger partial charge is 0.338 e. The topological polar surface area (TPSA) is 114 Å². The first-order chi connectivity index (χ1) is 16.5. The standard InChI is InChI=1S/C24H29N5O4S/c1-2-33-24(32)17-3-5-18(6-4-17)25-21(30)15-34-22-10-9-20(27-28-22)29-13-11-16(12-14-29)23(31)26-19-7-8-19/h3-6,9-10,16,19H,2,7-8,11-15H2,1H3,(H,25,30)(H,26,31). The van der Waals surface area contributed by atoms with E-state index in [0.29, 0.717) is 28.9 Å². The van der Waals surface area contributed by atoms with Crippen LogP contribution in [0.5, 0.6) is 0 Å². The Morgan fingerprint density at radius 3 is 2.38 bits per heavy atom. The third kappa shape index (κ3) is 6.69. The number of ether oxygens (including phenoxy) is 1. The molecule has 2 aliphatic rings. The molecule has 0 spiro atoms. The van der Waals surface area contributed by atoms with E-state index in [2.05, 4.69) is 25.7 Å². The molecule has 1 saturated carbocycles. The fourth-order valence-corrected chi connectivity index (χ4v) is 4.33. The third-order valence-electron chi connectivity index (χ3n) is 5.77. The summed E-state index contributed by atoms with van der Waals surface area (Å²) in [5.74, 6) is 0.687. The molecule has 1 aliphatic heterocycles. The fraction of sp³-hybridized carbons (Fsp3) is 0.458. The normalized spacial score (nSPS) is 16.1. The molecule has 2 amide bonds. The molecule has 9 nitrogen and oxygen atoms in total. The van der Waals surface area contributed by atoms with E-state index in [4.69, 9.17) is 4.74 Å². The van der Waals surface area contributed by atoms with Crippen LogP contribution in [0.3, 0.4) is 0 Å². The van der Waals surface area contributed by atoms with E-state index >= 15 is 0 Å². The minimum absolute atomic E-state index is 0.0829. The largest absolute Gasteiger partial charge is 0.462 e. The number of amides is 2. The Hall–Kier alpha value is -3.14. The first kappa shape index (κ1) is 24.0. The minimum atomic E-state index is -0.388. The molecule has 4 rings (SSSR count). The highest BCUT2D eigenvalue weighted by Gasteiger charge is 2.30. The third-order valence-corrected chi connectivity index (χ3v) is 6.69. The maximum absolute atomic E-state index is 12.3. The molecule has 180 valence electrons. The fourth-order valence-electron chi connectivity index (χ4n) is 3.72. The Balaban J connectivity index is 1.20. The van der Waals surface area contributed by atoms with E-state index in [1.54, 1.807) is 31.2 Å². The van der Waals surface area contributed by atoms with Crippen molar-refractivity contribution in [3.63, 3.8) is 0 Å². The summed E-state index contributed by atoms with van der Waals surface area (Å²) in [6.07, 6.45) is 3.85. The lowest BCUT2D eigenvalue weighted by molar-refractivity contribution is -0.125. The molecule has 0 radical (unpaired) electrons. The molecule has 0 unspecified atom stereocenters. The van der Waals surface area contributed by atoms with Crippen molar-refractivity contribution in [2.75, 3.05) is 35.7 Å². The van der Waals surface area contributed by atoms with Gasteiger partial charge in [0, 0.05) is 30.7 Å². The van der Waals surface area contributed by atoms with E-state index in [1.807, 2.05) is 12.1 Å². The average Bonchev–Trinajstić information content (AvgIpc) is 3.68. The summed E-state index contributed by atoms with van der Waals surface area (Å²) in [5, 5.41) is 15.1. The zero-order valence-corrected chi connectivity index (χ0v) is 20.0. The van der Waals surface area contributed by atoms with Crippen LogP contribution in [0, 0.1) is 5.92 Å². The van der Waals surface area contributed by atoms with Crippen molar-refractivity contribution >= 4 is 41.1 Å². The first-order valence-electron chi connectivity index (χ1n) is 11.6. The Morgan fingerprint density at radius 2 is 1.76 bits per heavy atom.